The van der Waals surface area contributed by atoms with Crippen LogP contribution < -0.4 is 5.56 Å². The largest absolute Gasteiger partial charge is 0.306 e. The van der Waals surface area contributed by atoms with Crippen LogP contribution in [0.15, 0.2) is 53.3 Å². The summed E-state index contributed by atoms with van der Waals surface area (Å²) in [5, 5.41) is 6.50. The fourth-order valence-corrected chi connectivity index (χ4v) is 4.10. The maximum Gasteiger partial charge on any atom is 0.255 e. The van der Waals surface area contributed by atoms with Gasteiger partial charge in [0.25, 0.3) is 5.56 Å². The van der Waals surface area contributed by atoms with Gasteiger partial charge in [0.1, 0.15) is 5.82 Å². The van der Waals surface area contributed by atoms with Gasteiger partial charge in [-0.2, -0.15) is 5.10 Å². The first-order valence-electron chi connectivity index (χ1n) is 9.59. The van der Waals surface area contributed by atoms with E-state index < -0.39 is 0 Å². The van der Waals surface area contributed by atoms with Crippen molar-refractivity contribution in [3.05, 3.63) is 80.9 Å². The monoisotopic (exact) mass is 405 g/mol. The minimum absolute atomic E-state index is 0.0736. The summed E-state index contributed by atoms with van der Waals surface area (Å²) in [4.78, 5) is 22.7. The van der Waals surface area contributed by atoms with Crippen molar-refractivity contribution in [1.82, 2.24) is 24.6 Å². The Morgan fingerprint density at radius 3 is 2.76 bits per heavy atom. The first kappa shape index (κ1) is 18.1. The van der Waals surface area contributed by atoms with Crippen LogP contribution in [0.25, 0.3) is 22.3 Å². The molecule has 1 aliphatic rings. The average Bonchev–Trinajstić information content (AvgIpc) is 3.04. The third-order valence-electron chi connectivity index (χ3n) is 5.47. The Kier molecular flexibility index (Phi) is 4.45. The highest BCUT2D eigenvalue weighted by molar-refractivity contribution is 6.30. The highest BCUT2D eigenvalue weighted by atomic mass is 35.5. The molecule has 0 atom stereocenters. The molecule has 7 heteroatoms. The molecule has 0 radical (unpaired) electrons. The molecular formula is C22H20ClN5O. The van der Waals surface area contributed by atoms with Gasteiger partial charge in [0.05, 0.1) is 22.5 Å². The molecule has 29 heavy (non-hydrogen) atoms. The average molecular weight is 406 g/mol. The number of nitrogens with zero attached hydrogens (tertiary/aromatic N) is 4. The highest BCUT2D eigenvalue weighted by Gasteiger charge is 2.23. The molecule has 0 spiro atoms. The van der Waals surface area contributed by atoms with Crippen molar-refractivity contribution >= 4 is 22.5 Å². The van der Waals surface area contributed by atoms with E-state index in [2.05, 4.69) is 27.1 Å². The number of nitrogens with one attached hydrogen (secondary N) is 1. The van der Waals surface area contributed by atoms with E-state index in [1.54, 1.807) is 12.1 Å². The van der Waals surface area contributed by atoms with Crippen LogP contribution in [0.1, 0.15) is 17.0 Å². The Labute approximate surface area is 172 Å². The van der Waals surface area contributed by atoms with Crippen molar-refractivity contribution in [1.29, 1.82) is 0 Å². The molecule has 2 aromatic heterocycles. The van der Waals surface area contributed by atoms with E-state index in [0.29, 0.717) is 23.9 Å². The van der Waals surface area contributed by atoms with Gasteiger partial charge >= 0.3 is 0 Å². The predicted octanol–water partition coefficient (Wildman–Crippen LogP) is 3.54. The second kappa shape index (κ2) is 7.13. The topological polar surface area (TPSA) is 66.8 Å². The third-order valence-corrected chi connectivity index (χ3v) is 5.72. The number of aryl methyl sites for hydroxylation is 1. The summed E-state index contributed by atoms with van der Waals surface area (Å²) < 4.78 is 1.91. The van der Waals surface area contributed by atoms with Crippen LogP contribution in [0.3, 0.4) is 0 Å². The molecular weight excluding hydrogens is 386 g/mol. The maximum absolute atomic E-state index is 12.8. The number of H-pyrrole nitrogens is 1. The number of halogens is 1. The van der Waals surface area contributed by atoms with Gasteiger partial charge < -0.3 is 4.98 Å². The van der Waals surface area contributed by atoms with Crippen molar-refractivity contribution in [3.8, 4) is 11.4 Å². The van der Waals surface area contributed by atoms with Gasteiger partial charge in [0.15, 0.2) is 0 Å². The number of fused-ring (bicyclic) bond motifs is 2. The standard InChI is InChI=1S/C22H20ClN5O/c1-27-20-5-3-2-4-16(20)19(26-27)13-28-11-10-18-17(12-28)22(29)25-21(24-18)14-6-8-15(23)9-7-14/h2-9H,10-13H2,1H3,(H,24,25,29). The number of aromatic nitrogens is 4. The van der Waals surface area contributed by atoms with Gasteiger partial charge in [-0.25, -0.2) is 4.98 Å². The summed E-state index contributed by atoms with van der Waals surface area (Å²) in [7, 11) is 1.96. The van der Waals surface area contributed by atoms with Crippen LogP contribution in [0, 0.1) is 0 Å². The van der Waals surface area contributed by atoms with Crippen LogP contribution in [0.2, 0.25) is 5.02 Å². The second-order valence-electron chi connectivity index (χ2n) is 7.39. The van der Waals surface area contributed by atoms with Gasteiger partial charge in [-0.15, -0.1) is 0 Å². The van der Waals surface area contributed by atoms with Crippen LogP contribution in [0.5, 0.6) is 0 Å². The van der Waals surface area contributed by atoms with Crippen LogP contribution in [0.4, 0.5) is 0 Å². The van der Waals surface area contributed by atoms with Crippen molar-refractivity contribution in [2.45, 2.75) is 19.5 Å². The molecule has 4 aromatic rings. The lowest BCUT2D eigenvalue weighted by Crippen LogP contribution is -2.35. The Balaban J connectivity index is 1.42. The molecule has 0 saturated carbocycles. The number of benzene rings is 2. The summed E-state index contributed by atoms with van der Waals surface area (Å²) in [6.45, 7) is 2.12. The molecule has 146 valence electrons. The summed E-state index contributed by atoms with van der Waals surface area (Å²) in [5.74, 6) is 0.592. The normalized spacial score (nSPS) is 14.3. The lowest BCUT2D eigenvalue weighted by atomic mass is 10.1. The van der Waals surface area contributed by atoms with E-state index >= 15 is 0 Å². The minimum Gasteiger partial charge on any atom is -0.306 e. The smallest absolute Gasteiger partial charge is 0.255 e. The Morgan fingerprint density at radius 1 is 1.14 bits per heavy atom. The molecule has 1 N–H and O–H groups in total. The summed E-state index contributed by atoms with van der Waals surface area (Å²) in [5.41, 5.74) is 4.56. The van der Waals surface area contributed by atoms with Gasteiger partial charge in [0, 0.05) is 49.1 Å². The summed E-state index contributed by atoms with van der Waals surface area (Å²) in [6.07, 6.45) is 0.741. The Morgan fingerprint density at radius 2 is 1.93 bits per heavy atom. The molecule has 1 aliphatic heterocycles. The van der Waals surface area contributed by atoms with Gasteiger partial charge in [-0.3, -0.25) is 14.4 Å². The zero-order chi connectivity index (χ0) is 20.0. The Bertz CT molecular complexity index is 1260. The zero-order valence-electron chi connectivity index (χ0n) is 16.0. The molecule has 3 heterocycles. The fraction of sp³-hybridized carbons (Fsp3) is 0.227. The van der Waals surface area contributed by atoms with E-state index in [9.17, 15) is 4.79 Å². The number of hydrogen-bond acceptors (Lipinski definition) is 4. The number of para-hydroxylation sites is 1. The van der Waals surface area contributed by atoms with Crippen LogP contribution in [-0.4, -0.2) is 31.2 Å². The number of rotatable bonds is 3. The maximum atomic E-state index is 12.8. The van der Waals surface area contributed by atoms with Crippen LogP contribution in [-0.2, 0) is 26.6 Å². The molecule has 5 rings (SSSR count). The fourth-order valence-electron chi connectivity index (χ4n) is 3.98. The first-order chi connectivity index (χ1) is 14.1. The molecule has 0 fully saturated rings. The van der Waals surface area contributed by atoms with E-state index in [4.69, 9.17) is 16.6 Å². The quantitative estimate of drug-likeness (QED) is 0.566. The SMILES string of the molecule is Cn1nc(CN2CCc3nc(-c4ccc(Cl)cc4)[nH]c(=O)c3C2)c2ccccc21. The lowest BCUT2D eigenvalue weighted by Gasteiger charge is -2.27. The summed E-state index contributed by atoms with van der Waals surface area (Å²) >= 11 is 5.96. The lowest BCUT2D eigenvalue weighted by molar-refractivity contribution is 0.239. The van der Waals surface area contributed by atoms with E-state index in [-0.39, 0.29) is 5.56 Å². The molecule has 0 amide bonds. The first-order valence-corrected chi connectivity index (χ1v) is 9.97. The minimum atomic E-state index is -0.0736. The Hall–Kier alpha value is -2.96. The molecule has 0 bridgehead atoms. The molecule has 2 aromatic carbocycles. The van der Waals surface area contributed by atoms with Crippen molar-refractivity contribution < 1.29 is 0 Å². The predicted molar refractivity (Wildman–Crippen MR) is 114 cm³/mol. The molecule has 0 aliphatic carbocycles. The third kappa shape index (κ3) is 3.34. The summed E-state index contributed by atoms with van der Waals surface area (Å²) in [6, 6.07) is 15.6. The molecule has 6 nitrogen and oxygen atoms in total. The second-order valence-corrected chi connectivity index (χ2v) is 7.83. The molecule has 0 unspecified atom stereocenters. The van der Waals surface area contributed by atoms with Gasteiger partial charge in [0.2, 0.25) is 0 Å². The van der Waals surface area contributed by atoms with Crippen LogP contribution >= 0.6 is 11.6 Å². The number of aromatic amines is 1. The van der Waals surface area contributed by atoms with E-state index in [0.717, 1.165) is 46.4 Å². The van der Waals surface area contributed by atoms with Gasteiger partial charge in [-0.1, -0.05) is 29.8 Å². The number of hydrogen-bond donors (Lipinski definition) is 1. The highest BCUT2D eigenvalue weighted by Crippen LogP contribution is 2.23. The van der Waals surface area contributed by atoms with Crippen molar-refractivity contribution in [2.75, 3.05) is 6.54 Å². The van der Waals surface area contributed by atoms with Crippen molar-refractivity contribution in [3.63, 3.8) is 0 Å². The van der Waals surface area contributed by atoms with E-state index in [1.807, 2.05) is 36.0 Å². The van der Waals surface area contributed by atoms with E-state index in [1.165, 1.54) is 0 Å². The van der Waals surface area contributed by atoms with Crippen molar-refractivity contribution in [2.24, 2.45) is 7.05 Å². The molecule has 0 saturated heterocycles. The van der Waals surface area contributed by atoms with Gasteiger partial charge in [-0.05, 0) is 30.3 Å². The zero-order valence-corrected chi connectivity index (χ0v) is 16.8.